The fourth-order valence-electron chi connectivity index (χ4n) is 2.21. The predicted octanol–water partition coefficient (Wildman–Crippen LogP) is 2.72. The van der Waals surface area contributed by atoms with Crippen LogP contribution in [0.2, 0.25) is 0 Å². The molecule has 126 valence electrons. The molecular weight excluding hydrogens is 314 g/mol. The Labute approximate surface area is 138 Å². The summed E-state index contributed by atoms with van der Waals surface area (Å²) < 4.78 is 15.4. The molecule has 0 bridgehead atoms. The molecule has 0 saturated carbocycles. The molecule has 0 aliphatic carbocycles. The van der Waals surface area contributed by atoms with Crippen molar-refractivity contribution in [2.24, 2.45) is 5.16 Å². The highest BCUT2D eigenvalue weighted by Crippen LogP contribution is 2.29. The number of rotatable bonds is 4. The maximum absolute atomic E-state index is 12.1. The zero-order chi connectivity index (χ0) is 17.2. The van der Waals surface area contributed by atoms with Crippen LogP contribution in [-0.4, -0.2) is 29.8 Å². The lowest BCUT2D eigenvalue weighted by Gasteiger charge is -2.30. The van der Waals surface area contributed by atoms with Crippen molar-refractivity contribution in [2.75, 3.05) is 7.11 Å². The Morgan fingerprint density at radius 3 is 2.75 bits per heavy atom. The average molecular weight is 331 g/mol. The molecule has 0 unspecified atom stereocenters. The number of amidine groups is 1. The second-order valence-corrected chi connectivity index (χ2v) is 5.42. The molecule has 0 atom stereocenters. The lowest BCUT2D eigenvalue weighted by molar-refractivity contribution is -0.0831. The van der Waals surface area contributed by atoms with Crippen LogP contribution in [0, 0.1) is 0 Å². The number of carbonyl (C=O) groups is 1. The minimum absolute atomic E-state index is 0.0844. The van der Waals surface area contributed by atoms with Gasteiger partial charge >= 0.3 is 6.09 Å². The minimum Gasteiger partial charge on any atom is -0.496 e. The van der Waals surface area contributed by atoms with Crippen LogP contribution in [0.25, 0.3) is 0 Å². The summed E-state index contributed by atoms with van der Waals surface area (Å²) in [5.41, 5.74) is 2.37. The second kappa shape index (κ2) is 6.15. The van der Waals surface area contributed by atoms with Crippen LogP contribution >= 0.6 is 0 Å². The number of carbonyl (C=O) groups excluding carboxylic acids is 1. The van der Waals surface area contributed by atoms with Crippen molar-refractivity contribution >= 4 is 11.9 Å². The number of hydrogen-bond acceptors (Lipinski definition) is 7. The molecule has 8 heteroatoms. The number of ether oxygens (including phenoxy) is 2. The smallest absolute Gasteiger partial charge is 0.434 e. The Balaban J connectivity index is 1.83. The third-order valence-electron chi connectivity index (χ3n) is 3.35. The van der Waals surface area contributed by atoms with Gasteiger partial charge in [0, 0.05) is 6.07 Å². The zero-order valence-corrected chi connectivity index (χ0v) is 13.5. The molecule has 0 saturated heterocycles. The summed E-state index contributed by atoms with van der Waals surface area (Å²) in [6.45, 7) is 3.51. The molecule has 8 nitrogen and oxygen atoms in total. The fourth-order valence-corrected chi connectivity index (χ4v) is 2.21. The number of furan rings is 1. The molecule has 1 amide bonds. The van der Waals surface area contributed by atoms with Gasteiger partial charge in [-0.05, 0) is 32.0 Å². The Kier molecular flexibility index (Phi) is 4.03. The predicted molar refractivity (Wildman–Crippen MR) is 84.4 cm³/mol. The molecule has 1 N–H and O–H groups in total. The van der Waals surface area contributed by atoms with Crippen LogP contribution in [-0.2, 0) is 4.84 Å². The molecular formula is C16H17N3O5. The van der Waals surface area contributed by atoms with Gasteiger partial charge in [0.15, 0.2) is 0 Å². The monoisotopic (exact) mass is 331 g/mol. The molecule has 0 radical (unpaired) electrons. The van der Waals surface area contributed by atoms with Gasteiger partial charge in [-0.25, -0.2) is 15.2 Å². The number of methoxy groups -OCH3 is 1. The molecule has 1 aromatic heterocycles. The first-order chi connectivity index (χ1) is 11.5. The first-order valence-electron chi connectivity index (χ1n) is 7.23. The Morgan fingerprint density at radius 2 is 2.04 bits per heavy atom. The van der Waals surface area contributed by atoms with E-state index in [-0.39, 0.29) is 5.95 Å². The number of para-hydroxylation sites is 1. The molecule has 0 spiro atoms. The van der Waals surface area contributed by atoms with Crippen molar-refractivity contribution in [1.29, 1.82) is 0 Å². The number of benzene rings is 1. The second-order valence-electron chi connectivity index (χ2n) is 5.42. The lowest BCUT2D eigenvalue weighted by Crippen LogP contribution is -2.55. The number of hydrazine groups is 1. The van der Waals surface area contributed by atoms with E-state index in [0.717, 1.165) is 0 Å². The molecule has 2 aromatic rings. The topological polar surface area (TPSA) is 85.5 Å². The van der Waals surface area contributed by atoms with E-state index in [2.05, 4.69) is 10.6 Å². The molecule has 0 fully saturated rings. The minimum atomic E-state index is -0.904. The van der Waals surface area contributed by atoms with Gasteiger partial charge in [0.05, 0.1) is 18.9 Å². The Morgan fingerprint density at radius 1 is 1.25 bits per heavy atom. The van der Waals surface area contributed by atoms with Crippen molar-refractivity contribution in [1.82, 2.24) is 10.4 Å². The van der Waals surface area contributed by atoms with Gasteiger partial charge in [0.1, 0.15) is 5.75 Å². The van der Waals surface area contributed by atoms with Crippen molar-refractivity contribution < 1.29 is 23.5 Å². The average Bonchev–Trinajstić information content (AvgIpc) is 3.16. The summed E-state index contributed by atoms with van der Waals surface area (Å²) in [5, 5.41) is 5.54. The number of nitrogens with zero attached hydrogens (tertiary/aromatic N) is 2. The van der Waals surface area contributed by atoms with Crippen LogP contribution in [0.4, 0.5) is 4.79 Å². The van der Waals surface area contributed by atoms with E-state index >= 15 is 0 Å². The number of oxime groups is 1. The molecule has 2 heterocycles. The summed E-state index contributed by atoms with van der Waals surface area (Å²) in [4.78, 5) is 17.5. The van der Waals surface area contributed by atoms with Crippen LogP contribution in [0.15, 0.2) is 52.2 Å². The van der Waals surface area contributed by atoms with Crippen LogP contribution in [0.5, 0.6) is 11.7 Å². The van der Waals surface area contributed by atoms with Crippen molar-refractivity contribution in [2.45, 2.75) is 19.6 Å². The van der Waals surface area contributed by atoms with Crippen LogP contribution < -0.4 is 14.9 Å². The SMILES string of the molecule is COc1ccccc1C1=NOC(C)(C)N1NC(=O)Oc1ccco1. The van der Waals surface area contributed by atoms with Crippen molar-refractivity contribution in [3.8, 4) is 11.7 Å². The maximum Gasteiger partial charge on any atom is 0.434 e. The lowest BCUT2D eigenvalue weighted by atomic mass is 10.1. The number of amides is 1. The summed E-state index contributed by atoms with van der Waals surface area (Å²) in [6.07, 6.45) is 0.680. The first kappa shape index (κ1) is 15.7. The van der Waals surface area contributed by atoms with Gasteiger partial charge in [0.25, 0.3) is 5.95 Å². The van der Waals surface area contributed by atoms with Gasteiger partial charge < -0.3 is 18.7 Å². The summed E-state index contributed by atoms with van der Waals surface area (Å²) in [6, 6.07) is 10.4. The van der Waals surface area contributed by atoms with E-state index < -0.39 is 11.8 Å². The van der Waals surface area contributed by atoms with Crippen molar-refractivity contribution in [3.05, 3.63) is 48.2 Å². The summed E-state index contributed by atoms with van der Waals surface area (Å²) >= 11 is 0. The normalized spacial score (nSPS) is 15.5. The molecule has 1 aromatic carbocycles. The fraction of sp³-hybridized carbons (Fsp3) is 0.250. The molecule has 1 aliphatic heterocycles. The van der Waals surface area contributed by atoms with E-state index in [1.807, 2.05) is 18.2 Å². The zero-order valence-electron chi connectivity index (χ0n) is 13.5. The van der Waals surface area contributed by atoms with Gasteiger partial charge in [0.2, 0.25) is 11.6 Å². The van der Waals surface area contributed by atoms with E-state index in [9.17, 15) is 4.79 Å². The van der Waals surface area contributed by atoms with E-state index in [0.29, 0.717) is 17.1 Å². The molecule has 24 heavy (non-hydrogen) atoms. The summed E-state index contributed by atoms with van der Waals surface area (Å²) in [5.74, 6) is 1.08. The Bertz CT molecular complexity index is 755. The third kappa shape index (κ3) is 2.98. The van der Waals surface area contributed by atoms with E-state index in [1.165, 1.54) is 17.3 Å². The largest absolute Gasteiger partial charge is 0.496 e. The summed E-state index contributed by atoms with van der Waals surface area (Å²) in [7, 11) is 1.56. The third-order valence-corrected chi connectivity index (χ3v) is 3.35. The highest BCUT2D eigenvalue weighted by atomic mass is 16.7. The van der Waals surface area contributed by atoms with Gasteiger partial charge in [-0.2, -0.15) is 0 Å². The highest BCUT2D eigenvalue weighted by Gasteiger charge is 2.41. The van der Waals surface area contributed by atoms with E-state index in [4.69, 9.17) is 18.7 Å². The van der Waals surface area contributed by atoms with Gasteiger partial charge in [-0.15, -0.1) is 0 Å². The standard InChI is InChI=1S/C16H17N3O5/c1-16(2)19(17-15(20)23-13-9-6-10-22-13)14(18-24-16)11-7-4-5-8-12(11)21-3/h4-10H,1-3H3,(H,17,20). The van der Waals surface area contributed by atoms with Crippen molar-refractivity contribution in [3.63, 3.8) is 0 Å². The molecule has 3 rings (SSSR count). The van der Waals surface area contributed by atoms with E-state index in [1.54, 1.807) is 33.1 Å². The maximum atomic E-state index is 12.1. The quantitative estimate of drug-likeness (QED) is 0.927. The van der Waals surface area contributed by atoms with Gasteiger partial charge in [-0.1, -0.05) is 17.3 Å². The van der Waals surface area contributed by atoms with Crippen LogP contribution in [0.3, 0.4) is 0 Å². The van der Waals surface area contributed by atoms with Crippen LogP contribution in [0.1, 0.15) is 19.4 Å². The highest BCUT2D eigenvalue weighted by molar-refractivity contribution is 6.02. The number of hydrogen-bond donors (Lipinski definition) is 1. The first-order valence-corrected chi connectivity index (χ1v) is 7.23. The molecule has 1 aliphatic rings. The Hall–Kier alpha value is -3.16. The van der Waals surface area contributed by atoms with Gasteiger partial charge in [-0.3, -0.25) is 0 Å². The number of nitrogens with one attached hydrogen (secondary N) is 1.